The summed E-state index contributed by atoms with van der Waals surface area (Å²) in [5, 5.41) is 0. The second-order valence-electron chi connectivity index (χ2n) is 3.40. The molecule has 0 aliphatic heterocycles. The van der Waals surface area contributed by atoms with Crippen molar-refractivity contribution >= 4 is 22.2 Å². The number of ether oxygens (including phenoxy) is 1. The van der Waals surface area contributed by atoms with E-state index in [1.165, 1.54) is 5.57 Å². The molecule has 0 N–H and O–H groups in total. The lowest BCUT2D eigenvalue weighted by Crippen LogP contribution is -1.95. The zero-order valence-corrected chi connectivity index (χ0v) is 10.4. The maximum Gasteiger partial charge on any atom is 0.150 e. The maximum atomic E-state index is 10.5. The second kappa shape index (κ2) is 5.71. The molecule has 1 rings (SSSR count). The van der Waals surface area contributed by atoms with Crippen molar-refractivity contribution in [1.29, 1.82) is 0 Å². The van der Waals surface area contributed by atoms with Crippen molar-refractivity contribution in [3.8, 4) is 5.75 Å². The lowest BCUT2D eigenvalue weighted by Gasteiger charge is -2.06. The highest BCUT2D eigenvalue weighted by atomic mass is 79.9. The van der Waals surface area contributed by atoms with Crippen molar-refractivity contribution in [3.05, 3.63) is 39.9 Å². The molecule has 0 unspecified atom stereocenters. The van der Waals surface area contributed by atoms with E-state index in [0.29, 0.717) is 12.2 Å². The Kier molecular flexibility index (Phi) is 4.56. The van der Waals surface area contributed by atoms with Gasteiger partial charge < -0.3 is 4.74 Å². The third kappa shape index (κ3) is 3.88. The largest absolute Gasteiger partial charge is 0.488 e. The highest BCUT2D eigenvalue weighted by Crippen LogP contribution is 2.25. The SMILES string of the molecule is CC(C)=CCOc1ccc(C=O)cc1Br. The zero-order chi connectivity index (χ0) is 11.3. The molecule has 0 heterocycles. The van der Waals surface area contributed by atoms with Crippen LogP contribution >= 0.6 is 15.9 Å². The average molecular weight is 269 g/mol. The first-order chi connectivity index (χ1) is 7.13. The Balaban J connectivity index is 2.70. The molecule has 0 aliphatic carbocycles. The standard InChI is InChI=1S/C12H13BrO2/c1-9(2)5-6-15-12-4-3-10(8-14)7-11(12)13/h3-5,7-8H,6H2,1-2H3. The predicted molar refractivity (Wildman–Crippen MR) is 64.5 cm³/mol. The number of benzene rings is 1. The van der Waals surface area contributed by atoms with Gasteiger partial charge in [-0.1, -0.05) is 5.57 Å². The van der Waals surface area contributed by atoms with E-state index in [-0.39, 0.29) is 0 Å². The lowest BCUT2D eigenvalue weighted by atomic mass is 10.2. The fourth-order valence-electron chi connectivity index (χ4n) is 1.01. The third-order valence-corrected chi connectivity index (χ3v) is 2.44. The van der Waals surface area contributed by atoms with Crippen LogP contribution in [0.5, 0.6) is 5.75 Å². The van der Waals surface area contributed by atoms with Gasteiger partial charge in [-0.3, -0.25) is 4.79 Å². The Hall–Kier alpha value is -1.09. The summed E-state index contributed by atoms with van der Waals surface area (Å²) in [6, 6.07) is 5.26. The molecule has 0 aliphatic rings. The van der Waals surface area contributed by atoms with Crippen molar-refractivity contribution in [3.63, 3.8) is 0 Å². The summed E-state index contributed by atoms with van der Waals surface area (Å²) in [7, 11) is 0. The first kappa shape index (κ1) is 12.0. The fraction of sp³-hybridized carbons (Fsp3) is 0.250. The van der Waals surface area contributed by atoms with E-state index in [4.69, 9.17) is 4.74 Å². The predicted octanol–water partition coefficient (Wildman–Crippen LogP) is 3.61. The third-order valence-electron chi connectivity index (χ3n) is 1.82. The van der Waals surface area contributed by atoms with Gasteiger partial charge >= 0.3 is 0 Å². The maximum absolute atomic E-state index is 10.5. The summed E-state index contributed by atoms with van der Waals surface area (Å²) in [6.07, 6.45) is 2.81. The Bertz CT molecular complexity index is 379. The van der Waals surface area contributed by atoms with Crippen LogP contribution in [-0.2, 0) is 0 Å². The van der Waals surface area contributed by atoms with Gasteiger partial charge in [-0.25, -0.2) is 0 Å². The van der Waals surface area contributed by atoms with Gasteiger partial charge in [0.2, 0.25) is 0 Å². The normalized spacial score (nSPS) is 9.53. The van der Waals surface area contributed by atoms with E-state index >= 15 is 0 Å². The number of aldehydes is 1. The van der Waals surface area contributed by atoms with Crippen LogP contribution in [0.4, 0.5) is 0 Å². The smallest absolute Gasteiger partial charge is 0.150 e. The van der Waals surface area contributed by atoms with E-state index in [9.17, 15) is 4.79 Å². The van der Waals surface area contributed by atoms with Crippen LogP contribution in [0.15, 0.2) is 34.3 Å². The molecule has 2 nitrogen and oxygen atoms in total. The molecule has 1 aromatic rings. The molecule has 15 heavy (non-hydrogen) atoms. The molecule has 0 radical (unpaired) electrons. The van der Waals surface area contributed by atoms with E-state index in [1.807, 2.05) is 19.9 Å². The topological polar surface area (TPSA) is 26.3 Å². The van der Waals surface area contributed by atoms with Gasteiger partial charge in [0.15, 0.2) is 0 Å². The summed E-state index contributed by atoms with van der Waals surface area (Å²) >= 11 is 3.35. The Morgan fingerprint density at radius 1 is 1.47 bits per heavy atom. The van der Waals surface area contributed by atoms with Crippen molar-refractivity contribution in [2.75, 3.05) is 6.61 Å². The summed E-state index contributed by atoms with van der Waals surface area (Å²) in [5.41, 5.74) is 1.85. The van der Waals surface area contributed by atoms with Crippen molar-refractivity contribution in [2.45, 2.75) is 13.8 Å². The quantitative estimate of drug-likeness (QED) is 0.616. The fourth-order valence-corrected chi connectivity index (χ4v) is 1.52. The van der Waals surface area contributed by atoms with E-state index in [2.05, 4.69) is 15.9 Å². The lowest BCUT2D eigenvalue weighted by molar-refractivity contribution is 0.112. The molecule has 0 saturated carbocycles. The van der Waals surface area contributed by atoms with Crippen LogP contribution in [0, 0.1) is 0 Å². The van der Waals surface area contributed by atoms with E-state index < -0.39 is 0 Å². The highest BCUT2D eigenvalue weighted by molar-refractivity contribution is 9.10. The number of halogens is 1. The molecule has 0 amide bonds. The van der Waals surface area contributed by atoms with Gasteiger partial charge in [-0.15, -0.1) is 0 Å². The number of hydrogen-bond donors (Lipinski definition) is 0. The van der Waals surface area contributed by atoms with Crippen LogP contribution in [-0.4, -0.2) is 12.9 Å². The number of carbonyl (C=O) groups is 1. The minimum atomic E-state index is 0.543. The van der Waals surface area contributed by atoms with Crippen LogP contribution in [0.2, 0.25) is 0 Å². The first-order valence-electron chi connectivity index (χ1n) is 4.64. The van der Waals surface area contributed by atoms with Gasteiger partial charge in [-0.2, -0.15) is 0 Å². The number of rotatable bonds is 4. The van der Waals surface area contributed by atoms with Gasteiger partial charge in [0.1, 0.15) is 18.6 Å². The van der Waals surface area contributed by atoms with Crippen LogP contribution in [0.1, 0.15) is 24.2 Å². The van der Waals surface area contributed by atoms with Gasteiger partial charge in [-0.05, 0) is 54.1 Å². The molecule has 0 saturated heterocycles. The van der Waals surface area contributed by atoms with Gasteiger partial charge in [0.25, 0.3) is 0 Å². The summed E-state index contributed by atoms with van der Waals surface area (Å²) in [4.78, 5) is 10.5. The molecule has 3 heteroatoms. The highest BCUT2D eigenvalue weighted by Gasteiger charge is 2.01. The van der Waals surface area contributed by atoms with Crippen LogP contribution in [0.3, 0.4) is 0 Å². The van der Waals surface area contributed by atoms with E-state index in [0.717, 1.165) is 16.5 Å². The Morgan fingerprint density at radius 3 is 2.73 bits per heavy atom. The molecular weight excluding hydrogens is 256 g/mol. The zero-order valence-electron chi connectivity index (χ0n) is 8.79. The summed E-state index contributed by atoms with van der Waals surface area (Å²) in [5.74, 6) is 0.748. The average Bonchev–Trinajstić information content (AvgIpc) is 2.20. The molecule has 80 valence electrons. The first-order valence-corrected chi connectivity index (χ1v) is 5.43. The van der Waals surface area contributed by atoms with E-state index in [1.54, 1.807) is 18.2 Å². The molecule has 0 bridgehead atoms. The number of hydrogen-bond acceptors (Lipinski definition) is 2. The van der Waals surface area contributed by atoms with Crippen molar-refractivity contribution in [1.82, 2.24) is 0 Å². The monoisotopic (exact) mass is 268 g/mol. The molecule has 0 fully saturated rings. The van der Waals surface area contributed by atoms with Crippen molar-refractivity contribution < 1.29 is 9.53 Å². The van der Waals surface area contributed by atoms with Gasteiger partial charge in [0, 0.05) is 5.56 Å². The number of allylic oxidation sites excluding steroid dienone is 1. The van der Waals surface area contributed by atoms with Gasteiger partial charge in [0.05, 0.1) is 4.47 Å². The Morgan fingerprint density at radius 2 is 2.20 bits per heavy atom. The molecule has 1 aromatic carbocycles. The molecular formula is C12H13BrO2. The van der Waals surface area contributed by atoms with Crippen LogP contribution < -0.4 is 4.74 Å². The Labute approximate surface area is 98.1 Å². The second-order valence-corrected chi connectivity index (χ2v) is 4.25. The molecule has 0 spiro atoms. The molecule has 0 aromatic heterocycles. The van der Waals surface area contributed by atoms with Crippen LogP contribution in [0.25, 0.3) is 0 Å². The summed E-state index contributed by atoms with van der Waals surface area (Å²) < 4.78 is 6.31. The minimum absolute atomic E-state index is 0.543. The summed E-state index contributed by atoms with van der Waals surface area (Å²) in [6.45, 7) is 4.59. The van der Waals surface area contributed by atoms with Crippen molar-refractivity contribution in [2.24, 2.45) is 0 Å². The minimum Gasteiger partial charge on any atom is -0.488 e. The number of carbonyl (C=O) groups excluding carboxylic acids is 1. The molecule has 0 atom stereocenters.